The molecule has 0 fully saturated rings. The highest BCUT2D eigenvalue weighted by Crippen LogP contribution is 2.42. The average molecular weight is 400 g/mol. The minimum Gasteiger partial charge on any atom is -0.131 e. The molecule has 0 heterocycles. The minimum atomic E-state index is 0. The van der Waals surface area contributed by atoms with Crippen molar-refractivity contribution in [2.24, 2.45) is 5.92 Å². The largest absolute Gasteiger partial charge is 0.131 e. The first-order chi connectivity index (χ1) is 8.64. The van der Waals surface area contributed by atoms with Gasteiger partial charge in [0.05, 0.1) is 0 Å². The van der Waals surface area contributed by atoms with Crippen LogP contribution in [0.4, 0.5) is 0 Å². The lowest BCUT2D eigenvalue weighted by atomic mass is 9.78. The van der Waals surface area contributed by atoms with Gasteiger partial charge < -0.3 is 0 Å². The number of hydrogen-bond donors (Lipinski definition) is 0. The van der Waals surface area contributed by atoms with Gasteiger partial charge in [0.25, 0.3) is 0 Å². The summed E-state index contributed by atoms with van der Waals surface area (Å²) in [6.07, 6.45) is 15.3. The van der Waals surface area contributed by atoms with Gasteiger partial charge in [-0.25, -0.2) is 0 Å². The van der Waals surface area contributed by atoms with Crippen molar-refractivity contribution in [3.05, 3.63) is 0 Å². The summed E-state index contributed by atoms with van der Waals surface area (Å²) in [7, 11) is 3.27. The van der Waals surface area contributed by atoms with E-state index in [4.69, 9.17) is 0 Å². The molecular formula is C17H38IP. The van der Waals surface area contributed by atoms with Crippen molar-refractivity contribution in [3.63, 3.8) is 0 Å². The van der Waals surface area contributed by atoms with Crippen molar-refractivity contribution in [2.75, 3.05) is 0 Å². The van der Waals surface area contributed by atoms with Gasteiger partial charge in [0.1, 0.15) is 0 Å². The summed E-state index contributed by atoms with van der Waals surface area (Å²) in [6, 6.07) is 0. The number of unbranched alkanes of at least 4 members (excludes halogenated alkanes) is 3. The van der Waals surface area contributed by atoms with E-state index in [1.165, 1.54) is 70.6 Å². The Kier molecular flexibility index (Phi) is 16.7. The van der Waals surface area contributed by atoms with Crippen molar-refractivity contribution in [1.82, 2.24) is 0 Å². The minimum absolute atomic E-state index is 0. The zero-order valence-electron chi connectivity index (χ0n) is 13.8. The fraction of sp³-hybridized carbons (Fsp3) is 1.00. The van der Waals surface area contributed by atoms with Gasteiger partial charge in [-0.2, -0.15) is 0 Å². The van der Waals surface area contributed by atoms with Gasteiger partial charge in [0.2, 0.25) is 0 Å². The molecule has 0 aliphatic heterocycles. The normalized spacial score (nSPS) is 13.1. The highest BCUT2D eigenvalue weighted by molar-refractivity contribution is 14.0. The van der Waals surface area contributed by atoms with E-state index in [1.807, 2.05) is 0 Å². The molecule has 0 aromatic rings. The van der Waals surface area contributed by atoms with E-state index in [2.05, 4.69) is 36.9 Å². The fourth-order valence-electron chi connectivity index (χ4n) is 3.35. The summed E-state index contributed by atoms with van der Waals surface area (Å²) in [5, 5.41) is 0.533. The molecule has 0 N–H and O–H groups in total. The lowest BCUT2D eigenvalue weighted by Crippen LogP contribution is -2.31. The first-order valence-electron chi connectivity index (χ1n) is 8.43. The molecule has 19 heavy (non-hydrogen) atoms. The van der Waals surface area contributed by atoms with Crippen LogP contribution in [0, 0.1) is 5.92 Å². The molecule has 0 saturated heterocycles. The lowest BCUT2D eigenvalue weighted by molar-refractivity contribution is 0.284. The lowest BCUT2D eigenvalue weighted by Gasteiger charge is -2.38. The van der Waals surface area contributed by atoms with Crippen LogP contribution in [0.3, 0.4) is 0 Å². The van der Waals surface area contributed by atoms with Gasteiger partial charge in [-0.3, -0.25) is 0 Å². The molecular weight excluding hydrogens is 362 g/mol. The van der Waals surface area contributed by atoms with Crippen molar-refractivity contribution in [1.29, 1.82) is 0 Å². The highest BCUT2D eigenvalue weighted by Gasteiger charge is 2.31. The Morgan fingerprint density at radius 3 is 1.74 bits per heavy atom. The van der Waals surface area contributed by atoms with Crippen LogP contribution in [-0.2, 0) is 0 Å². The molecule has 2 atom stereocenters. The van der Waals surface area contributed by atoms with E-state index in [0.717, 1.165) is 5.92 Å². The summed E-state index contributed by atoms with van der Waals surface area (Å²) >= 11 is 0. The molecule has 0 aliphatic rings. The van der Waals surface area contributed by atoms with Gasteiger partial charge in [-0.05, 0) is 36.8 Å². The predicted molar refractivity (Wildman–Crippen MR) is 105 cm³/mol. The second kappa shape index (κ2) is 14.1. The maximum absolute atomic E-state index is 3.27. The van der Waals surface area contributed by atoms with Crippen LogP contribution in [0.5, 0.6) is 0 Å². The summed E-state index contributed by atoms with van der Waals surface area (Å²) in [6.45, 7) is 9.34. The Hall–Kier alpha value is 1.16. The fourth-order valence-corrected chi connectivity index (χ4v) is 4.26. The molecule has 118 valence electrons. The molecule has 0 aliphatic carbocycles. The number of halogens is 1. The third-order valence-corrected chi connectivity index (χ3v) is 5.34. The predicted octanol–water partition coefficient (Wildman–Crippen LogP) is 7.21. The van der Waals surface area contributed by atoms with Crippen LogP contribution in [0.15, 0.2) is 0 Å². The van der Waals surface area contributed by atoms with E-state index in [9.17, 15) is 0 Å². The Balaban J connectivity index is 0. The summed E-state index contributed by atoms with van der Waals surface area (Å²) in [5.74, 6) is 0.934. The second-order valence-corrected chi connectivity index (χ2v) is 7.22. The smallest absolute Gasteiger partial charge is 0.0122 e. The van der Waals surface area contributed by atoms with Crippen LogP contribution in [0.25, 0.3) is 0 Å². The van der Waals surface area contributed by atoms with Gasteiger partial charge >= 0.3 is 0 Å². The monoisotopic (exact) mass is 400 g/mol. The highest BCUT2D eigenvalue weighted by atomic mass is 127. The van der Waals surface area contributed by atoms with Crippen LogP contribution < -0.4 is 0 Å². The first-order valence-corrected chi connectivity index (χ1v) is 9.01. The van der Waals surface area contributed by atoms with E-state index in [0.29, 0.717) is 5.16 Å². The van der Waals surface area contributed by atoms with E-state index in [-0.39, 0.29) is 24.0 Å². The molecule has 0 amide bonds. The van der Waals surface area contributed by atoms with E-state index >= 15 is 0 Å². The Morgan fingerprint density at radius 2 is 1.32 bits per heavy atom. The first kappa shape index (κ1) is 22.4. The molecule has 0 spiro atoms. The molecule has 2 unspecified atom stereocenters. The van der Waals surface area contributed by atoms with Crippen LogP contribution >= 0.6 is 33.2 Å². The van der Waals surface area contributed by atoms with Crippen molar-refractivity contribution < 1.29 is 0 Å². The quantitative estimate of drug-likeness (QED) is 0.185. The third-order valence-electron chi connectivity index (χ3n) is 4.29. The SMILES string of the molecule is CCCCCCC(CCC)C(P)(CCC)CCC.I. The summed E-state index contributed by atoms with van der Waals surface area (Å²) in [4.78, 5) is 0. The molecule has 0 radical (unpaired) electrons. The zero-order chi connectivity index (χ0) is 13.9. The maximum atomic E-state index is 3.27. The number of hydrogen-bond acceptors (Lipinski definition) is 0. The molecule has 0 aromatic carbocycles. The van der Waals surface area contributed by atoms with Crippen molar-refractivity contribution >= 4 is 33.2 Å². The van der Waals surface area contributed by atoms with Gasteiger partial charge in [0, 0.05) is 0 Å². The van der Waals surface area contributed by atoms with Crippen molar-refractivity contribution in [2.45, 2.75) is 103 Å². The van der Waals surface area contributed by atoms with Gasteiger partial charge in [-0.1, -0.05) is 72.6 Å². The van der Waals surface area contributed by atoms with Gasteiger partial charge in [0.15, 0.2) is 0 Å². The summed E-state index contributed by atoms with van der Waals surface area (Å²) < 4.78 is 0. The van der Waals surface area contributed by atoms with Crippen LogP contribution in [0.2, 0.25) is 0 Å². The molecule has 2 heteroatoms. The van der Waals surface area contributed by atoms with Gasteiger partial charge in [-0.15, -0.1) is 33.2 Å². The van der Waals surface area contributed by atoms with Crippen LogP contribution in [0.1, 0.15) is 98.3 Å². The Bertz CT molecular complexity index is 176. The average Bonchev–Trinajstić information content (AvgIpc) is 2.33. The Morgan fingerprint density at radius 1 is 0.737 bits per heavy atom. The maximum Gasteiger partial charge on any atom is -0.0122 e. The molecule has 0 aromatic heterocycles. The third kappa shape index (κ3) is 9.67. The topological polar surface area (TPSA) is 0 Å². The Labute approximate surface area is 142 Å². The van der Waals surface area contributed by atoms with E-state index in [1.54, 1.807) is 0 Å². The van der Waals surface area contributed by atoms with Crippen molar-refractivity contribution in [3.8, 4) is 0 Å². The molecule has 0 saturated carbocycles. The standard InChI is InChI=1S/C17H37P.HI/c1-5-9-10-11-13-16(12-6-2)17(18,14-7-3)15-8-4;/h16H,5-15,18H2,1-4H3;1H. The number of rotatable bonds is 12. The van der Waals surface area contributed by atoms with E-state index < -0.39 is 0 Å². The summed E-state index contributed by atoms with van der Waals surface area (Å²) in [5.41, 5.74) is 0. The molecule has 0 rings (SSSR count). The molecule has 0 bridgehead atoms. The molecule has 0 nitrogen and oxygen atoms in total. The second-order valence-electron chi connectivity index (χ2n) is 6.07. The zero-order valence-corrected chi connectivity index (χ0v) is 17.3. The van der Waals surface area contributed by atoms with Crippen LogP contribution in [-0.4, -0.2) is 5.16 Å².